The molecule has 1 heterocycles. The van der Waals surface area contributed by atoms with Crippen molar-refractivity contribution in [1.82, 2.24) is 0 Å². The molecule has 3 aliphatic carbocycles. The average molecular weight is 558 g/mol. The van der Waals surface area contributed by atoms with E-state index in [1.54, 1.807) is 12.1 Å². The van der Waals surface area contributed by atoms with Crippen LogP contribution in [0.15, 0.2) is 66.7 Å². The zero-order valence-electron chi connectivity index (χ0n) is 16.4. The maximum Gasteiger partial charge on any atom is 0.239 e. The van der Waals surface area contributed by atoms with Gasteiger partial charge in [-0.05, 0) is 46.9 Å². The lowest BCUT2D eigenvalue weighted by Crippen LogP contribution is -2.56. The van der Waals surface area contributed by atoms with Gasteiger partial charge in [0.05, 0.1) is 26.2 Å². The first kappa shape index (κ1) is 19.7. The predicted octanol–water partition coefficient (Wildman–Crippen LogP) is 6.06. The van der Waals surface area contributed by atoms with Gasteiger partial charge < -0.3 is 0 Å². The van der Waals surface area contributed by atoms with Crippen LogP contribution >= 0.6 is 43.5 Å². The molecule has 2 atom stereocenters. The summed E-state index contributed by atoms with van der Waals surface area (Å²) in [5.74, 6) is -1.58. The second kappa shape index (κ2) is 6.31. The molecule has 154 valence electrons. The number of halogens is 3. The number of aryl methyl sites for hydroxylation is 1. The topological polar surface area (TPSA) is 37.4 Å². The van der Waals surface area contributed by atoms with E-state index in [9.17, 15) is 9.59 Å². The smallest absolute Gasteiger partial charge is 0.239 e. The zero-order chi connectivity index (χ0) is 21.7. The molecule has 1 saturated heterocycles. The number of carbonyl (C=O) groups is 2. The first-order valence-electron chi connectivity index (χ1n) is 10.0. The standard InChI is InChI=1S/C25H16Br2ClNO2/c1-13-10-11-14(12-19(13)28)29-22(30)20-21(23(29)31)25(27)16-7-3-2-6-15(16)24(20,26)17-8-4-5-9-18(17)25/h2-12,20-21H,1H3/t20-,21+,24?,25?. The van der Waals surface area contributed by atoms with Gasteiger partial charge in [0.15, 0.2) is 0 Å². The molecule has 0 radical (unpaired) electrons. The van der Waals surface area contributed by atoms with Gasteiger partial charge in [-0.3, -0.25) is 9.59 Å². The minimum Gasteiger partial charge on any atom is -0.274 e. The Kier molecular flexibility index (Phi) is 4.01. The molecular weight excluding hydrogens is 542 g/mol. The number of hydrogen-bond acceptors (Lipinski definition) is 2. The lowest BCUT2D eigenvalue weighted by Gasteiger charge is -2.55. The zero-order valence-corrected chi connectivity index (χ0v) is 20.3. The Bertz CT molecular complexity index is 1200. The Morgan fingerprint density at radius 2 is 1.19 bits per heavy atom. The van der Waals surface area contributed by atoms with E-state index in [-0.39, 0.29) is 11.8 Å². The molecule has 7 rings (SSSR count). The highest BCUT2D eigenvalue weighted by Gasteiger charge is 2.72. The number of amides is 2. The van der Waals surface area contributed by atoms with Crippen molar-refractivity contribution in [2.75, 3.05) is 4.90 Å². The van der Waals surface area contributed by atoms with Crippen molar-refractivity contribution < 1.29 is 9.59 Å². The van der Waals surface area contributed by atoms with Gasteiger partial charge in [-0.1, -0.05) is 98.1 Å². The number of carbonyl (C=O) groups excluding carboxylic acids is 2. The fraction of sp³-hybridized carbons (Fsp3) is 0.200. The molecule has 2 bridgehead atoms. The van der Waals surface area contributed by atoms with Crippen molar-refractivity contribution in [2.45, 2.75) is 15.6 Å². The quantitative estimate of drug-likeness (QED) is 0.270. The minimum atomic E-state index is -0.781. The summed E-state index contributed by atoms with van der Waals surface area (Å²) in [5.41, 5.74) is 5.51. The molecule has 1 fully saturated rings. The van der Waals surface area contributed by atoms with Crippen LogP contribution in [0.1, 0.15) is 27.8 Å². The molecule has 3 aromatic carbocycles. The maximum atomic E-state index is 13.9. The summed E-state index contributed by atoms with van der Waals surface area (Å²) in [6.07, 6.45) is 0. The highest BCUT2D eigenvalue weighted by Crippen LogP contribution is 2.70. The Morgan fingerprint density at radius 3 is 1.58 bits per heavy atom. The number of rotatable bonds is 1. The molecule has 31 heavy (non-hydrogen) atoms. The molecule has 4 aliphatic rings. The normalized spacial score (nSPS) is 30.3. The number of alkyl halides is 2. The number of nitrogens with zero attached hydrogens (tertiary/aromatic N) is 1. The third kappa shape index (κ3) is 2.20. The maximum absolute atomic E-state index is 13.9. The van der Waals surface area contributed by atoms with Gasteiger partial charge in [0.25, 0.3) is 0 Å². The summed E-state index contributed by atoms with van der Waals surface area (Å²) in [6.45, 7) is 1.90. The fourth-order valence-electron chi connectivity index (χ4n) is 5.64. The van der Waals surface area contributed by atoms with Crippen LogP contribution in [0.3, 0.4) is 0 Å². The van der Waals surface area contributed by atoms with Crippen molar-refractivity contribution >= 4 is 61.0 Å². The van der Waals surface area contributed by atoms with Crippen molar-refractivity contribution in [1.29, 1.82) is 0 Å². The number of anilines is 1. The SMILES string of the molecule is Cc1ccc(N2C(=O)[C@@H]3[C@H](C2=O)C2(Br)c4ccccc4C3(Br)c3ccccc32)cc1Cl. The summed E-state index contributed by atoms with van der Waals surface area (Å²) in [6, 6.07) is 21.5. The van der Waals surface area contributed by atoms with Gasteiger partial charge in [0, 0.05) is 5.02 Å². The lowest BCUT2D eigenvalue weighted by molar-refractivity contribution is -0.122. The summed E-state index contributed by atoms with van der Waals surface area (Å²) >= 11 is 14.4. The highest BCUT2D eigenvalue weighted by molar-refractivity contribution is 9.10. The number of benzene rings is 3. The van der Waals surface area contributed by atoms with Crippen molar-refractivity contribution in [3.05, 3.63) is 99.6 Å². The van der Waals surface area contributed by atoms with E-state index >= 15 is 0 Å². The molecule has 0 unspecified atom stereocenters. The van der Waals surface area contributed by atoms with Crippen molar-refractivity contribution in [3.8, 4) is 0 Å². The van der Waals surface area contributed by atoms with E-state index in [0.29, 0.717) is 10.7 Å². The van der Waals surface area contributed by atoms with Gasteiger partial charge in [-0.25, -0.2) is 4.90 Å². The number of imide groups is 1. The van der Waals surface area contributed by atoms with Gasteiger partial charge in [0.2, 0.25) is 11.8 Å². The first-order valence-corrected chi connectivity index (χ1v) is 12.0. The number of hydrogen-bond donors (Lipinski definition) is 0. The molecule has 0 aromatic heterocycles. The second-order valence-electron chi connectivity index (χ2n) is 8.42. The van der Waals surface area contributed by atoms with Crippen LogP contribution in [0.5, 0.6) is 0 Å². The van der Waals surface area contributed by atoms with Gasteiger partial charge in [0.1, 0.15) is 0 Å². The minimum absolute atomic E-state index is 0.209. The first-order chi connectivity index (χ1) is 14.8. The summed E-state index contributed by atoms with van der Waals surface area (Å²) < 4.78 is -1.56. The molecule has 3 aromatic rings. The third-order valence-corrected chi connectivity index (χ3v) is 10.1. The van der Waals surface area contributed by atoms with Crippen LogP contribution in [0.25, 0.3) is 0 Å². The molecular formula is C25H16Br2ClNO2. The van der Waals surface area contributed by atoms with E-state index in [2.05, 4.69) is 56.1 Å². The van der Waals surface area contributed by atoms with E-state index in [4.69, 9.17) is 11.6 Å². The summed E-state index contributed by atoms with van der Waals surface area (Å²) in [7, 11) is 0. The third-order valence-electron chi connectivity index (χ3n) is 7.00. The molecule has 3 nitrogen and oxygen atoms in total. The lowest BCUT2D eigenvalue weighted by atomic mass is 9.54. The van der Waals surface area contributed by atoms with E-state index in [1.807, 2.05) is 37.3 Å². The van der Waals surface area contributed by atoms with E-state index in [0.717, 1.165) is 27.8 Å². The van der Waals surface area contributed by atoms with E-state index in [1.165, 1.54) is 4.90 Å². The van der Waals surface area contributed by atoms with Crippen LogP contribution in [0, 0.1) is 18.8 Å². The molecule has 1 aliphatic heterocycles. The summed E-state index contributed by atoms with van der Waals surface area (Å²) in [5, 5.41) is 0.532. The Morgan fingerprint density at radius 1 is 0.774 bits per heavy atom. The molecule has 0 saturated carbocycles. The van der Waals surface area contributed by atoms with Gasteiger partial charge >= 0.3 is 0 Å². The Balaban J connectivity index is 1.65. The van der Waals surface area contributed by atoms with Crippen molar-refractivity contribution in [3.63, 3.8) is 0 Å². The Hall–Kier alpha value is -1.95. The molecule has 0 N–H and O–H groups in total. The fourth-order valence-corrected chi connectivity index (χ4v) is 8.12. The Labute approximate surface area is 201 Å². The van der Waals surface area contributed by atoms with Crippen molar-refractivity contribution in [2.24, 2.45) is 11.8 Å². The van der Waals surface area contributed by atoms with Crippen LogP contribution in [0.4, 0.5) is 5.69 Å². The van der Waals surface area contributed by atoms with Crippen LogP contribution in [-0.2, 0) is 18.2 Å². The molecule has 6 heteroatoms. The average Bonchev–Trinajstić information content (AvgIpc) is 3.05. The predicted molar refractivity (Wildman–Crippen MR) is 128 cm³/mol. The van der Waals surface area contributed by atoms with Gasteiger partial charge in [-0.2, -0.15) is 0 Å². The van der Waals surface area contributed by atoms with Crippen LogP contribution in [0.2, 0.25) is 5.02 Å². The van der Waals surface area contributed by atoms with Gasteiger partial charge in [-0.15, -0.1) is 0 Å². The monoisotopic (exact) mass is 555 g/mol. The summed E-state index contributed by atoms with van der Waals surface area (Å²) in [4.78, 5) is 29.2. The second-order valence-corrected chi connectivity index (χ2v) is 11.3. The molecule has 0 spiro atoms. The highest BCUT2D eigenvalue weighted by atomic mass is 79.9. The largest absolute Gasteiger partial charge is 0.274 e. The van der Waals surface area contributed by atoms with Crippen LogP contribution < -0.4 is 4.90 Å². The molecule has 2 amide bonds. The van der Waals surface area contributed by atoms with E-state index < -0.39 is 20.5 Å². The van der Waals surface area contributed by atoms with Crippen LogP contribution in [-0.4, -0.2) is 11.8 Å².